The topological polar surface area (TPSA) is 57.4 Å². The molecule has 0 saturated heterocycles. The molecule has 0 spiro atoms. The third-order valence-electron chi connectivity index (χ3n) is 5.35. The fourth-order valence-corrected chi connectivity index (χ4v) is 3.92. The zero-order valence-corrected chi connectivity index (χ0v) is 16.6. The van der Waals surface area contributed by atoms with Crippen LogP contribution in [0.4, 0.5) is 36.8 Å². The second-order valence-corrected chi connectivity index (χ2v) is 7.33. The van der Waals surface area contributed by atoms with Crippen LogP contribution in [0.3, 0.4) is 0 Å². The molecule has 2 heterocycles. The number of nitrogens with one attached hydrogen (secondary N) is 2. The number of alkyl halides is 6. The fourth-order valence-electron chi connectivity index (χ4n) is 3.92. The zero-order valence-electron chi connectivity index (χ0n) is 16.6. The van der Waals surface area contributed by atoms with Crippen molar-refractivity contribution in [3.63, 3.8) is 0 Å². The summed E-state index contributed by atoms with van der Waals surface area (Å²) in [5.41, 5.74) is -0.563. The van der Waals surface area contributed by atoms with Crippen molar-refractivity contribution in [2.75, 3.05) is 19.0 Å². The Morgan fingerprint density at radius 1 is 1.12 bits per heavy atom. The van der Waals surface area contributed by atoms with E-state index >= 15 is 0 Å². The summed E-state index contributed by atoms with van der Waals surface area (Å²) < 4.78 is 86.0. The molecule has 4 rings (SSSR count). The number of urea groups is 1. The normalized spacial score (nSPS) is 16.7. The molecular weight excluding hydrogens is 440 g/mol. The number of hydrogen-bond donors (Lipinski definition) is 2. The van der Waals surface area contributed by atoms with Crippen molar-refractivity contribution >= 4 is 22.6 Å². The molecular formula is C21H17F6N3O2. The molecule has 1 unspecified atom stereocenters. The predicted molar refractivity (Wildman–Crippen MR) is 105 cm³/mol. The van der Waals surface area contributed by atoms with Gasteiger partial charge in [-0.25, -0.2) is 4.79 Å². The minimum atomic E-state index is -4.81. The number of nitrogens with zero attached hydrogens (tertiary/aromatic N) is 1. The van der Waals surface area contributed by atoms with Gasteiger partial charge in [0.15, 0.2) is 6.04 Å². The Balaban J connectivity index is 1.69. The van der Waals surface area contributed by atoms with Crippen LogP contribution in [0.2, 0.25) is 0 Å². The van der Waals surface area contributed by atoms with Gasteiger partial charge in [-0.2, -0.15) is 26.3 Å². The van der Waals surface area contributed by atoms with E-state index in [2.05, 4.69) is 10.3 Å². The maximum atomic E-state index is 14.0. The van der Waals surface area contributed by atoms with Crippen LogP contribution in [0, 0.1) is 0 Å². The largest absolute Gasteiger partial charge is 0.497 e. The molecule has 32 heavy (non-hydrogen) atoms. The molecule has 2 aromatic carbocycles. The van der Waals surface area contributed by atoms with Gasteiger partial charge in [0.2, 0.25) is 0 Å². The molecule has 2 amide bonds. The van der Waals surface area contributed by atoms with Gasteiger partial charge in [0, 0.05) is 23.1 Å². The summed E-state index contributed by atoms with van der Waals surface area (Å²) >= 11 is 0. The number of aromatic nitrogens is 1. The Morgan fingerprint density at radius 3 is 2.53 bits per heavy atom. The van der Waals surface area contributed by atoms with Gasteiger partial charge in [0.25, 0.3) is 0 Å². The average Bonchev–Trinajstić information content (AvgIpc) is 3.09. The monoisotopic (exact) mass is 457 g/mol. The highest BCUT2D eigenvalue weighted by molar-refractivity contribution is 5.91. The van der Waals surface area contributed by atoms with Gasteiger partial charge in [-0.1, -0.05) is 6.07 Å². The average molecular weight is 457 g/mol. The Labute approximate surface area is 178 Å². The molecule has 2 N–H and O–H groups in total. The number of aromatic amines is 1. The molecule has 0 bridgehead atoms. The van der Waals surface area contributed by atoms with Gasteiger partial charge in [0.05, 0.1) is 18.4 Å². The van der Waals surface area contributed by atoms with E-state index in [0.717, 1.165) is 12.1 Å². The highest BCUT2D eigenvalue weighted by atomic mass is 19.4. The lowest BCUT2D eigenvalue weighted by molar-refractivity contribution is -0.180. The summed E-state index contributed by atoms with van der Waals surface area (Å²) in [5.74, 6) is 0.479. The van der Waals surface area contributed by atoms with E-state index in [1.54, 1.807) is 18.2 Å². The Morgan fingerprint density at radius 2 is 1.88 bits per heavy atom. The second kappa shape index (κ2) is 7.64. The number of hydrogen-bond acceptors (Lipinski definition) is 2. The van der Waals surface area contributed by atoms with Gasteiger partial charge in [-0.3, -0.25) is 0 Å². The lowest BCUT2D eigenvalue weighted by atomic mass is 9.97. The van der Waals surface area contributed by atoms with Crippen molar-refractivity contribution in [2.45, 2.75) is 24.8 Å². The Hall–Kier alpha value is -3.37. The van der Waals surface area contributed by atoms with Crippen molar-refractivity contribution in [3.05, 3.63) is 59.3 Å². The lowest BCUT2D eigenvalue weighted by Crippen LogP contribution is -2.48. The van der Waals surface area contributed by atoms with Crippen LogP contribution in [0.5, 0.6) is 5.75 Å². The molecule has 5 nitrogen and oxygen atoms in total. The maximum absolute atomic E-state index is 14.0. The summed E-state index contributed by atoms with van der Waals surface area (Å²) in [5, 5.41) is 2.72. The van der Waals surface area contributed by atoms with Crippen molar-refractivity contribution in [1.29, 1.82) is 0 Å². The molecule has 1 atom stereocenters. The van der Waals surface area contributed by atoms with E-state index in [0.29, 0.717) is 33.2 Å². The standard InChI is InChI=1S/C21H17F6N3O2/c1-32-13-5-6-16-15(10-13)14-7-8-30(18(17(14)29-16)21(25,26)27)19(31)28-12-4-2-3-11(9-12)20(22,23)24/h2-6,9-10,18,29H,7-8H2,1H3,(H,28,31). The number of halogens is 6. The fraction of sp³-hybridized carbons (Fsp3) is 0.286. The molecule has 0 aliphatic carbocycles. The molecule has 0 saturated carbocycles. The highest BCUT2D eigenvalue weighted by Gasteiger charge is 2.50. The highest BCUT2D eigenvalue weighted by Crippen LogP contribution is 2.44. The number of carbonyl (C=O) groups excluding carboxylic acids is 1. The summed E-state index contributed by atoms with van der Waals surface area (Å²) in [4.78, 5) is 16.0. The number of amides is 2. The first-order valence-corrected chi connectivity index (χ1v) is 9.49. The minimum absolute atomic E-state index is 0.130. The van der Waals surface area contributed by atoms with Crippen molar-refractivity contribution in [1.82, 2.24) is 9.88 Å². The van der Waals surface area contributed by atoms with Gasteiger partial charge in [-0.05, 0) is 48.4 Å². The second-order valence-electron chi connectivity index (χ2n) is 7.33. The van der Waals surface area contributed by atoms with Crippen LogP contribution >= 0.6 is 0 Å². The molecule has 0 fully saturated rings. The van der Waals surface area contributed by atoms with Crippen LogP contribution in [0.25, 0.3) is 10.9 Å². The number of rotatable bonds is 2. The quantitative estimate of drug-likeness (QED) is 0.472. The lowest BCUT2D eigenvalue weighted by Gasteiger charge is -2.36. The summed E-state index contributed by atoms with van der Waals surface area (Å²) in [6, 6.07) is 5.11. The first kappa shape index (κ1) is 21.8. The van der Waals surface area contributed by atoms with Gasteiger partial charge < -0.3 is 19.9 Å². The van der Waals surface area contributed by atoms with Crippen molar-refractivity contribution in [2.24, 2.45) is 0 Å². The van der Waals surface area contributed by atoms with Crippen LogP contribution in [-0.2, 0) is 12.6 Å². The number of anilines is 1. The first-order valence-electron chi connectivity index (χ1n) is 9.49. The maximum Gasteiger partial charge on any atom is 0.416 e. The van der Waals surface area contributed by atoms with E-state index in [4.69, 9.17) is 4.74 Å². The molecule has 1 aliphatic heterocycles. The summed E-state index contributed by atoms with van der Waals surface area (Å²) in [6.45, 7) is -0.272. The van der Waals surface area contributed by atoms with Gasteiger partial charge in [-0.15, -0.1) is 0 Å². The van der Waals surface area contributed by atoms with Gasteiger partial charge in [0.1, 0.15) is 5.75 Å². The molecule has 170 valence electrons. The van der Waals surface area contributed by atoms with E-state index in [1.165, 1.54) is 13.2 Å². The Bertz CT molecular complexity index is 1170. The Kier molecular flexibility index (Phi) is 5.22. The van der Waals surface area contributed by atoms with Crippen LogP contribution in [0.15, 0.2) is 42.5 Å². The molecule has 1 aromatic heterocycles. The van der Waals surface area contributed by atoms with E-state index in [1.807, 2.05) is 0 Å². The van der Waals surface area contributed by atoms with E-state index in [9.17, 15) is 31.1 Å². The molecule has 3 aromatic rings. The smallest absolute Gasteiger partial charge is 0.416 e. The zero-order chi connectivity index (χ0) is 23.3. The molecule has 0 radical (unpaired) electrons. The number of fused-ring (bicyclic) bond motifs is 3. The number of carbonyl (C=O) groups is 1. The summed E-state index contributed by atoms with van der Waals surface area (Å²) in [6.07, 6.45) is -9.34. The van der Waals surface area contributed by atoms with Gasteiger partial charge >= 0.3 is 18.4 Å². The number of benzene rings is 2. The SMILES string of the molecule is COc1ccc2[nH]c3c(c2c1)CCN(C(=O)Nc1cccc(C(F)(F)F)c1)C3C(F)(F)F. The van der Waals surface area contributed by atoms with Crippen LogP contribution < -0.4 is 10.1 Å². The van der Waals surface area contributed by atoms with Crippen LogP contribution in [0.1, 0.15) is 22.9 Å². The number of H-pyrrole nitrogens is 1. The molecule has 1 aliphatic rings. The van der Waals surface area contributed by atoms with E-state index < -0.39 is 30.0 Å². The third kappa shape index (κ3) is 3.94. The summed E-state index contributed by atoms with van der Waals surface area (Å²) in [7, 11) is 1.44. The van der Waals surface area contributed by atoms with Crippen molar-refractivity contribution < 1.29 is 35.9 Å². The van der Waals surface area contributed by atoms with Crippen LogP contribution in [-0.4, -0.2) is 35.7 Å². The molecule has 11 heteroatoms. The minimum Gasteiger partial charge on any atom is -0.497 e. The number of ether oxygens (including phenoxy) is 1. The van der Waals surface area contributed by atoms with E-state index in [-0.39, 0.29) is 24.3 Å². The third-order valence-corrected chi connectivity index (χ3v) is 5.35. The first-order chi connectivity index (χ1) is 15.0. The number of methoxy groups -OCH3 is 1. The predicted octanol–water partition coefficient (Wildman–Crippen LogP) is 5.89. The van der Waals surface area contributed by atoms with Crippen molar-refractivity contribution in [3.8, 4) is 5.75 Å².